The number of fused-ring (bicyclic) bond motifs is 3. The summed E-state index contributed by atoms with van der Waals surface area (Å²) in [6, 6.07) is 11.6. The van der Waals surface area contributed by atoms with Crippen molar-refractivity contribution in [3.8, 4) is 17.2 Å². The molecule has 0 radical (unpaired) electrons. The molecule has 1 unspecified atom stereocenters. The van der Waals surface area contributed by atoms with Gasteiger partial charge in [0.25, 0.3) is 0 Å². The van der Waals surface area contributed by atoms with E-state index in [-0.39, 0.29) is 12.1 Å². The van der Waals surface area contributed by atoms with E-state index >= 15 is 0 Å². The number of aromatic nitrogens is 1. The van der Waals surface area contributed by atoms with Gasteiger partial charge in [0.2, 0.25) is 5.75 Å². The number of carbonyl (C=O) groups is 1. The molecule has 0 bridgehead atoms. The number of carbonyl (C=O) groups excluding carboxylic acids is 1. The van der Waals surface area contributed by atoms with Crippen LogP contribution >= 0.6 is 0 Å². The molecule has 0 aliphatic carbocycles. The minimum Gasteiger partial charge on any atom is -0.493 e. The average molecular weight is 409 g/mol. The fourth-order valence-corrected chi connectivity index (χ4v) is 4.33. The van der Waals surface area contributed by atoms with Crippen LogP contribution in [-0.4, -0.2) is 43.8 Å². The molecule has 7 heteroatoms. The van der Waals surface area contributed by atoms with Gasteiger partial charge in [0, 0.05) is 35.3 Å². The van der Waals surface area contributed by atoms with Gasteiger partial charge < -0.3 is 29.4 Å². The molecular formula is C23H27N3O4. The first-order valence-corrected chi connectivity index (χ1v) is 10.1. The van der Waals surface area contributed by atoms with Gasteiger partial charge in [-0.15, -0.1) is 0 Å². The monoisotopic (exact) mass is 409 g/mol. The fraction of sp³-hybridized carbons (Fsp3) is 0.348. The summed E-state index contributed by atoms with van der Waals surface area (Å²) in [6.45, 7) is 2.76. The quantitative estimate of drug-likeness (QED) is 0.638. The number of anilines is 1. The third kappa shape index (κ3) is 3.30. The second-order valence-electron chi connectivity index (χ2n) is 7.27. The predicted molar refractivity (Wildman–Crippen MR) is 117 cm³/mol. The molecule has 2 N–H and O–H groups in total. The Morgan fingerprint density at radius 1 is 1.13 bits per heavy atom. The van der Waals surface area contributed by atoms with E-state index in [0.29, 0.717) is 29.5 Å². The molecule has 3 aromatic rings. The molecule has 7 nitrogen and oxygen atoms in total. The Morgan fingerprint density at radius 3 is 2.47 bits per heavy atom. The zero-order valence-corrected chi connectivity index (χ0v) is 17.7. The molecular weight excluding hydrogens is 382 g/mol. The van der Waals surface area contributed by atoms with E-state index in [1.165, 1.54) is 10.9 Å². The molecule has 4 rings (SSSR count). The molecule has 2 aromatic carbocycles. The lowest BCUT2D eigenvalue weighted by molar-refractivity contribution is 0.179. The van der Waals surface area contributed by atoms with Gasteiger partial charge in [0.05, 0.1) is 33.1 Å². The number of hydrogen-bond acceptors (Lipinski definition) is 4. The highest BCUT2D eigenvalue weighted by molar-refractivity contribution is 5.92. The van der Waals surface area contributed by atoms with Crippen LogP contribution in [0.4, 0.5) is 10.5 Å². The molecule has 1 aliphatic rings. The average Bonchev–Trinajstić information content (AvgIpc) is 3.16. The second kappa shape index (κ2) is 8.18. The predicted octanol–water partition coefficient (Wildman–Crippen LogP) is 4.74. The van der Waals surface area contributed by atoms with E-state index in [2.05, 4.69) is 35.4 Å². The van der Waals surface area contributed by atoms with Crippen LogP contribution < -0.4 is 19.5 Å². The van der Waals surface area contributed by atoms with Crippen molar-refractivity contribution in [2.75, 3.05) is 33.2 Å². The van der Waals surface area contributed by atoms with Gasteiger partial charge in [-0.2, -0.15) is 0 Å². The van der Waals surface area contributed by atoms with Crippen molar-refractivity contribution in [2.24, 2.45) is 0 Å². The number of rotatable bonds is 5. The van der Waals surface area contributed by atoms with E-state index in [0.717, 1.165) is 24.1 Å². The van der Waals surface area contributed by atoms with E-state index in [1.807, 2.05) is 11.0 Å². The Labute approximate surface area is 175 Å². The maximum atomic E-state index is 13.2. The number of H-pyrrole nitrogens is 1. The van der Waals surface area contributed by atoms with Crippen molar-refractivity contribution in [3.05, 3.63) is 47.7 Å². The first kappa shape index (κ1) is 19.9. The SMILES string of the molecule is CCC1c2[nH]c3ccccc3c2CCN1C(=O)Nc1cc(OC)c(OC)c(OC)c1. The lowest BCUT2D eigenvalue weighted by Gasteiger charge is -2.35. The summed E-state index contributed by atoms with van der Waals surface area (Å²) in [5.74, 6) is 1.48. The van der Waals surface area contributed by atoms with Crippen LogP contribution in [0, 0.1) is 0 Å². The zero-order valence-electron chi connectivity index (χ0n) is 17.7. The van der Waals surface area contributed by atoms with Crippen LogP contribution in [0.2, 0.25) is 0 Å². The first-order chi connectivity index (χ1) is 14.6. The Hall–Kier alpha value is -3.35. The Balaban J connectivity index is 1.62. The molecule has 2 heterocycles. The van der Waals surface area contributed by atoms with Gasteiger partial charge in [0.15, 0.2) is 11.5 Å². The number of hydrogen-bond donors (Lipinski definition) is 2. The number of urea groups is 1. The minimum atomic E-state index is -0.152. The summed E-state index contributed by atoms with van der Waals surface area (Å²) in [6.07, 6.45) is 1.64. The lowest BCUT2D eigenvalue weighted by atomic mass is 9.96. The van der Waals surface area contributed by atoms with Gasteiger partial charge >= 0.3 is 6.03 Å². The molecule has 0 fully saturated rings. The molecule has 158 valence electrons. The smallest absolute Gasteiger partial charge is 0.322 e. The van der Waals surface area contributed by atoms with Crippen LogP contribution in [0.5, 0.6) is 17.2 Å². The topological polar surface area (TPSA) is 75.8 Å². The lowest BCUT2D eigenvalue weighted by Crippen LogP contribution is -2.42. The maximum absolute atomic E-state index is 13.2. The zero-order chi connectivity index (χ0) is 21.3. The van der Waals surface area contributed by atoms with Crippen LogP contribution in [-0.2, 0) is 6.42 Å². The standard InChI is InChI=1S/C23H27N3O4/c1-5-18-21-16(15-8-6-7-9-17(15)25-21)10-11-26(18)23(27)24-14-12-19(28-2)22(30-4)20(13-14)29-3/h6-9,12-13,18,25H,5,10-11H2,1-4H3,(H,24,27). The molecule has 1 atom stereocenters. The Morgan fingerprint density at radius 2 is 1.83 bits per heavy atom. The third-order valence-corrected chi connectivity index (χ3v) is 5.72. The summed E-state index contributed by atoms with van der Waals surface area (Å²) in [7, 11) is 4.66. The summed E-state index contributed by atoms with van der Waals surface area (Å²) in [4.78, 5) is 18.6. The summed E-state index contributed by atoms with van der Waals surface area (Å²) in [5, 5.41) is 4.24. The number of nitrogens with zero attached hydrogens (tertiary/aromatic N) is 1. The van der Waals surface area contributed by atoms with E-state index < -0.39 is 0 Å². The van der Waals surface area contributed by atoms with Crippen molar-refractivity contribution >= 4 is 22.6 Å². The normalized spacial score (nSPS) is 15.6. The second-order valence-corrected chi connectivity index (χ2v) is 7.27. The first-order valence-electron chi connectivity index (χ1n) is 10.1. The minimum absolute atomic E-state index is 0.0109. The van der Waals surface area contributed by atoms with Gasteiger partial charge in [-0.05, 0) is 24.5 Å². The number of para-hydroxylation sites is 1. The van der Waals surface area contributed by atoms with Crippen LogP contribution in [0.25, 0.3) is 10.9 Å². The number of benzene rings is 2. The van der Waals surface area contributed by atoms with Crippen molar-refractivity contribution in [2.45, 2.75) is 25.8 Å². The van der Waals surface area contributed by atoms with Gasteiger partial charge in [0.1, 0.15) is 0 Å². The highest BCUT2D eigenvalue weighted by Crippen LogP contribution is 2.41. The number of ether oxygens (including phenoxy) is 3. The van der Waals surface area contributed by atoms with Crippen molar-refractivity contribution in [3.63, 3.8) is 0 Å². The number of amides is 2. The number of aromatic amines is 1. The highest BCUT2D eigenvalue weighted by atomic mass is 16.5. The largest absolute Gasteiger partial charge is 0.493 e. The number of nitrogens with one attached hydrogen (secondary N) is 2. The summed E-state index contributed by atoms with van der Waals surface area (Å²) >= 11 is 0. The fourth-order valence-electron chi connectivity index (χ4n) is 4.33. The van der Waals surface area contributed by atoms with E-state index in [4.69, 9.17) is 14.2 Å². The van der Waals surface area contributed by atoms with Crippen LogP contribution in [0.15, 0.2) is 36.4 Å². The molecule has 30 heavy (non-hydrogen) atoms. The molecule has 2 amide bonds. The van der Waals surface area contributed by atoms with E-state index in [1.54, 1.807) is 33.5 Å². The Kier molecular flexibility index (Phi) is 5.44. The van der Waals surface area contributed by atoms with E-state index in [9.17, 15) is 4.79 Å². The number of methoxy groups -OCH3 is 3. The maximum Gasteiger partial charge on any atom is 0.322 e. The molecule has 0 saturated carbocycles. The third-order valence-electron chi connectivity index (χ3n) is 5.72. The van der Waals surface area contributed by atoms with Crippen molar-refractivity contribution in [1.29, 1.82) is 0 Å². The van der Waals surface area contributed by atoms with Gasteiger partial charge in [-0.25, -0.2) is 4.79 Å². The summed E-state index contributed by atoms with van der Waals surface area (Å²) in [5.41, 5.74) is 4.15. The molecule has 0 saturated heterocycles. The van der Waals surface area contributed by atoms with Gasteiger partial charge in [-0.1, -0.05) is 25.1 Å². The molecule has 1 aromatic heterocycles. The highest BCUT2D eigenvalue weighted by Gasteiger charge is 2.32. The summed E-state index contributed by atoms with van der Waals surface area (Å²) < 4.78 is 16.1. The molecule has 1 aliphatic heterocycles. The van der Waals surface area contributed by atoms with Crippen molar-refractivity contribution in [1.82, 2.24) is 9.88 Å². The van der Waals surface area contributed by atoms with Crippen molar-refractivity contribution < 1.29 is 19.0 Å². The van der Waals surface area contributed by atoms with Crippen LogP contribution in [0.1, 0.15) is 30.6 Å². The van der Waals surface area contributed by atoms with Gasteiger partial charge in [-0.3, -0.25) is 0 Å². The van der Waals surface area contributed by atoms with Crippen LogP contribution in [0.3, 0.4) is 0 Å². The Bertz CT molecular complexity index is 1050. The molecule has 0 spiro atoms.